The number of amides is 1. The van der Waals surface area contributed by atoms with Crippen molar-refractivity contribution in [2.24, 2.45) is 23.7 Å². The molecule has 2 aromatic carbocycles. The van der Waals surface area contributed by atoms with Crippen molar-refractivity contribution in [3.63, 3.8) is 0 Å². The molecule has 3 aliphatic rings. The van der Waals surface area contributed by atoms with Crippen LogP contribution in [0, 0.1) is 23.7 Å². The summed E-state index contributed by atoms with van der Waals surface area (Å²) in [5.41, 5.74) is 0.692. The first-order chi connectivity index (χ1) is 13.6. The topological polar surface area (TPSA) is 73.9 Å². The fourth-order valence-corrected chi connectivity index (χ4v) is 4.97. The number of hydrogen-bond donors (Lipinski definition) is 1. The van der Waals surface area contributed by atoms with Gasteiger partial charge in [0.2, 0.25) is 5.91 Å². The quantitative estimate of drug-likeness (QED) is 0.803. The highest BCUT2D eigenvalue weighted by atomic mass is 16.6. The number of esters is 1. The number of fused-ring (bicyclic) bond motifs is 1. The first kappa shape index (κ1) is 17.1. The molecule has 1 saturated heterocycles. The molecule has 1 N–H and O–H groups in total. The first-order valence-corrected chi connectivity index (χ1v) is 9.56. The van der Waals surface area contributed by atoms with Gasteiger partial charge < -0.3 is 19.5 Å². The zero-order valence-electron chi connectivity index (χ0n) is 15.5. The fraction of sp³-hybridized carbons (Fsp3) is 0.364. The van der Waals surface area contributed by atoms with Crippen LogP contribution in [0.2, 0.25) is 0 Å². The van der Waals surface area contributed by atoms with Crippen LogP contribution in [0.1, 0.15) is 12.8 Å². The van der Waals surface area contributed by atoms with Gasteiger partial charge in [0.15, 0.2) is 0 Å². The molecule has 2 aliphatic carbocycles. The van der Waals surface area contributed by atoms with Gasteiger partial charge >= 0.3 is 5.97 Å². The number of carbonyl (C=O) groups excluding carboxylic acids is 2. The Morgan fingerprint density at radius 3 is 2.32 bits per heavy atom. The summed E-state index contributed by atoms with van der Waals surface area (Å²) in [6, 6.07) is 14.5. The van der Waals surface area contributed by atoms with Crippen LogP contribution < -0.4 is 14.8 Å². The summed E-state index contributed by atoms with van der Waals surface area (Å²) in [6.07, 6.45) is 1.79. The van der Waals surface area contributed by atoms with Gasteiger partial charge in [-0.05, 0) is 67.3 Å². The van der Waals surface area contributed by atoms with Gasteiger partial charge in [-0.3, -0.25) is 9.59 Å². The number of methoxy groups -OCH3 is 1. The minimum atomic E-state index is -0.272. The molecule has 0 radical (unpaired) electrons. The molecule has 5 rings (SSSR count). The fourth-order valence-electron chi connectivity index (χ4n) is 4.97. The Bertz CT molecular complexity index is 906. The van der Waals surface area contributed by atoms with Crippen LogP contribution in [-0.4, -0.2) is 25.1 Å². The van der Waals surface area contributed by atoms with Gasteiger partial charge in [0.05, 0.1) is 18.9 Å². The Morgan fingerprint density at radius 1 is 1.00 bits per heavy atom. The van der Waals surface area contributed by atoms with Gasteiger partial charge in [0, 0.05) is 11.6 Å². The number of benzene rings is 2. The van der Waals surface area contributed by atoms with Crippen LogP contribution in [0.4, 0.5) is 5.69 Å². The van der Waals surface area contributed by atoms with E-state index in [0.29, 0.717) is 17.2 Å². The maximum Gasteiger partial charge on any atom is 0.310 e. The lowest BCUT2D eigenvalue weighted by molar-refractivity contribution is -0.145. The SMILES string of the molecule is COc1ccc(Oc2ccc(NC(=O)[C@@H]3[C@@H]4C[C@H]5[C@@H]3C(=O)O[C@@H]5C4)cc2)cc1. The van der Waals surface area contributed by atoms with Gasteiger partial charge in [0.1, 0.15) is 23.4 Å². The maximum absolute atomic E-state index is 12.8. The molecule has 2 saturated carbocycles. The van der Waals surface area contributed by atoms with Gasteiger partial charge in [0.25, 0.3) is 0 Å². The van der Waals surface area contributed by atoms with Crippen molar-refractivity contribution < 1.29 is 23.8 Å². The maximum atomic E-state index is 12.8. The molecule has 5 atom stereocenters. The molecule has 6 heteroatoms. The van der Waals surface area contributed by atoms with Crippen LogP contribution in [0.15, 0.2) is 48.5 Å². The standard InChI is InChI=1S/C22H21NO5/c1-26-14-6-8-16(9-7-14)27-15-4-2-13(3-5-15)23-21(24)19-12-10-17-18(11-12)28-22(25)20(17)19/h2-9,12,17-20H,10-11H2,1H3,(H,23,24)/t12-,17-,18-,19-,20+/m1/s1. The molecule has 28 heavy (non-hydrogen) atoms. The summed E-state index contributed by atoms with van der Waals surface area (Å²) in [5, 5.41) is 2.96. The average Bonchev–Trinajstić information content (AvgIpc) is 3.33. The summed E-state index contributed by atoms with van der Waals surface area (Å²) in [5.74, 6) is 1.81. The van der Waals surface area contributed by atoms with Crippen LogP contribution >= 0.6 is 0 Å². The molecule has 3 fully saturated rings. The van der Waals surface area contributed by atoms with Crippen molar-refractivity contribution in [2.75, 3.05) is 12.4 Å². The second-order valence-corrected chi connectivity index (χ2v) is 7.71. The van der Waals surface area contributed by atoms with Gasteiger partial charge in [-0.15, -0.1) is 0 Å². The third-order valence-corrected chi connectivity index (χ3v) is 6.20. The molecule has 6 nitrogen and oxygen atoms in total. The van der Waals surface area contributed by atoms with Gasteiger partial charge in [-0.2, -0.15) is 0 Å². The Kier molecular flexibility index (Phi) is 4.00. The molecular formula is C22H21NO5. The number of anilines is 1. The lowest BCUT2D eigenvalue weighted by Gasteiger charge is -2.23. The Balaban J connectivity index is 1.24. The number of hydrogen-bond acceptors (Lipinski definition) is 5. The van der Waals surface area contributed by atoms with Crippen LogP contribution in [0.3, 0.4) is 0 Å². The number of ether oxygens (including phenoxy) is 3. The summed E-state index contributed by atoms with van der Waals surface area (Å²) in [7, 11) is 1.62. The third kappa shape index (κ3) is 2.80. The second kappa shape index (κ2) is 6.55. The van der Waals surface area contributed by atoms with E-state index in [1.54, 1.807) is 31.4 Å². The molecule has 1 amide bonds. The lowest BCUT2D eigenvalue weighted by Crippen LogP contribution is -2.35. The Morgan fingerprint density at radius 2 is 1.64 bits per heavy atom. The van der Waals surface area contributed by atoms with E-state index in [1.807, 2.05) is 24.3 Å². The number of carbonyl (C=O) groups is 2. The highest BCUT2D eigenvalue weighted by Crippen LogP contribution is 2.57. The predicted octanol–water partition coefficient (Wildman–Crippen LogP) is 3.62. The lowest BCUT2D eigenvalue weighted by atomic mass is 9.79. The molecular weight excluding hydrogens is 358 g/mol. The molecule has 2 aromatic rings. The number of nitrogens with one attached hydrogen (secondary N) is 1. The van der Waals surface area contributed by atoms with Crippen molar-refractivity contribution in [1.29, 1.82) is 0 Å². The molecule has 0 spiro atoms. The van der Waals surface area contributed by atoms with E-state index in [9.17, 15) is 9.59 Å². The molecule has 144 valence electrons. The van der Waals surface area contributed by atoms with Gasteiger partial charge in [-0.25, -0.2) is 0 Å². The van der Waals surface area contributed by atoms with Crippen molar-refractivity contribution in [3.05, 3.63) is 48.5 Å². The smallest absolute Gasteiger partial charge is 0.310 e. The van der Waals surface area contributed by atoms with E-state index >= 15 is 0 Å². The molecule has 0 unspecified atom stereocenters. The van der Waals surface area contributed by atoms with E-state index in [-0.39, 0.29) is 41.7 Å². The monoisotopic (exact) mass is 379 g/mol. The highest BCUT2D eigenvalue weighted by Gasteiger charge is 2.63. The van der Waals surface area contributed by atoms with E-state index in [4.69, 9.17) is 14.2 Å². The predicted molar refractivity (Wildman–Crippen MR) is 101 cm³/mol. The van der Waals surface area contributed by atoms with E-state index < -0.39 is 0 Å². The van der Waals surface area contributed by atoms with Crippen molar-refractivity contribution >= 4 is 17.6 Å². The summed E-state index contributed by atoms with van der Waals surface area (Å²) in [6.45, 7) is 0. The average molecular weight is 379 g/mol. The minimum absolute atomic E-state index is 0.0425. The Hall–Kier alpha value is -3.02. The van der Waals surface area contributed by atoms with E-state index in [0.717, 1.165) is 18.6 Å². The normalized spacial score (nSPS) is 29.5. The van der Waals surface area contributed by atoms with E-state index in [2.05, 4.69) is 5.32 Å². The zero-order chi connectivity index (χ0) is 19.3. The second-order valence-electron chi connectivity index (χ2n) is 7.71. The molecule has 1 aliphatic heterocycles. The Labute approximate surface area is 162 Å². The van der Waals surface area contributed by atoms with Crippen molar-refractivity contribution in [3.8, 4) is 17.2 Å². The summed E-state index contributed by atoms with van der Waals surface area (Å²) in [4.78, 5) is 24.9. The largest absolute Gasteiger partial charge is 0.497 e. The molecule has 2 bridgehead atoms. The van der Waals surface area contributed by atoms with E-state index in [1.165, 1.54) is 0 Å². The molecule has 0 aromatic heterocycles. The third-order valence-electron chi connectivity index (χ3n) is 6.20. The first-order valence-electron chi connectivity index (χ1n) is 9.56. The van der Waals surface area contributed by atoms with Crippen LogP contribution in [-0.2, 0) is 14.3 Å². The summed E-state index contributed by atoms with van der Waals surface area (Å²) >= 11 is 0. The zero-order valence-corrected chi connectivity index (χ0v) is 15.5. The van der Waals surface area contributed by atoms with Crippen molar-refractivity contribution in [2.45, 2.75) is 18.9 Å². The molecule has 1 heterocycles. The van der Waals surface area contributed by atoms with Gasteiger partial charge in [-0.1, -0.05) is 0 Å². The highest BCUT2D eigenvalue weighted by molar-refractivity contribution is 5.97. The summed E-state index contributed by atoms with van der Waals surface area (Å²) < 4.78 is 16.3. The van der Waals surface area contributed by atoms with Crippen LogP contribution in [0.25, 0.3) is 0 Å². The van der Waals surface area contributed by atoms with Crippen molar-refractivity contribution in [1.82, 2.24) is 0 Å². The minimum Gasteiger partial charge on any atom is -0.497 e. The van der Waals surface area contributed by atoms with Crippen LogP contribution in [0.5, 0.6) is 17.2 Å². The number of rotatable bonds is 5.